The fourth-order valence-corrected chi connectivity index (χ4v) is 1.08. The first-order valence-corrected chi connectivity index (χ1v) is 4.51. The van der Waals surface area contributed by atoms with E-state index in [0.29, 0.717) is 11.4 Å². The first-order chi connectivity index (χ1) is 7.17. The van der Waals surface area contributed by atoms with Crippen molar-refractivity contribution < 1.29 is 4.79 Å². The fourth-order valence-electron chi connectivity index (χ4n) is 1.08. The van der Waals surface area contributed by atoms with E-state index in [2.05, 4.69) is 15.6 Å². The molecular formula is C10H12N4O. The van der Waals surface area contributed by atoms with E-state index in [1.807, 2.05) is 6.07 Å². The third-order valence-corrected chi connectivity index (χ3v) is 1.89. The molecule has 0 aliphatic heterocycles. The number of nitriles is 1. The van der Waals surface area contributed by atoms with E-state index >= 15 is 0 Å². The van der Waals surface area contributed by atoms with Gasteiger partial charge in [0.05, 0.1) is 11.6 Å². The van der Waals surface area contributed by atoms with Gasteiger partial charge in [0, 0.05) is 13.2 Å². The van der Waals surface area contributed by atoms with Crippen LogP contribution in [0, 0.1) is 11.3 Å². The highest BCUT2D eigenvalue weighted by molar-refractivity contribution is 5.83. The number of hydrogen-bond donors (Lipinski definition) is 2. The molecule has 15 heavy (non-hydrogen) atoms. The lowest BCUT2D eigenvalue weighted by molar-refractivity contribution is -0.121. The highest BCUT2D eigenvalue weighted by atomic mass is 16.2. The summed E-state index contributed by atoms with van der Waals surface area (Å²) < 4.78 is 0. The van der Waals surface area contributed by atoms with Gasteiger partial charge in [0.25, 0.3) is 0 Å². The Morgan fingerprint density at radius 2 is 2.40 bits per heavy atom. The number of rotatable bonds is 3. The van der Waals surface area contributed by atoms with E-state index in [0.717, 1.165) is 0 Å². The van der Waals surface area contributed by atoms with Crippen molar-refractivity contribution in [1.82, 2.24) is 10.3 Å². The minimum atomic E-state index is -0.378. The van der Waals surface area contributed by atoms with Crippen LogP contribution in [0.15, 0.2) is 18.3 Å². The van der Waals surface area contributed by atoms with Crippen LogP contribution in [0.3, 0.4) is 0 Å². The zero-order valence-electron chi connectivity index (χ0n) is 8.61. The Hall–Kier alpha value is -2.09. The molecule has 78 valence electrons. The lowest BCUT2D eigenvalue weighted by atomic mass is 10.2. The van der Waals surface area contributed by atoms with Crippen LogP contribution < -0.4 is 10.6 Å². The van der Waals surface area contributed by atoms with Gasteiger partial charge in [-0.05, 0) is 19.1 Å². The Morgan fingerprint density at radius 1 is 1.67 bits per heavy atom. The first-order valence-electron chi connectivity index (χ1n) is 4.51. The molecule has 1 amide bonds. The van der Waals surface area contributed by atoms with E-state index in [-0.39, 0.29) is 11.9 Å². The summed E-state index contributed by atoms with van der Waals surface area (Å²) in [6.45, 7) is 1.72. The summed E-state index contributed by atoms with van der Waals surface area (Å²) in [6.07, 6.45) is 1.53. The Bertz CT molecular complexity index is 397. The van der Waals surface area contributed by atoms with Gasteiger partial charge in [-0.25, -0.2) is 4.98 Å². The molecule has 5 heteroatoms. The van der Waals surface area contributed by atoms with Gasteiger partial charge >= 0.3 is 0 Å². The number of carbonyl (C=O) groups is 1. The number of nitrogens with one attached hydrogen (secondary N) is 2. The molecule has 1 aromatic heterocycles. The number of likely N-dealkylation sites (N-methyl/N-ethyl adjacent to an activating group) is 1. The second-order valence-electron chi connectivity index (χ2n) is 3.02. The smallest absolute Gasteiger partial charge is 0.241 e. The van der Waals surface area contributed by atoms with Crippen molar-refractivity contribution in [3.63, 3.8) is 0 Å². The first kappa shape index (κ1) is 11.0. The van der Waals surface area contributed by atoms with Crippen LogP contribution in [0.5, 0.6) is 0 Å². The Morgan fingerprint density at radius 3 is 3.00 bits per heavy atom. The van der Waals surface area contributed by atoms with Crippen LogP contribution in [0.1, 0.15) is 12.5 Å². The highest BCUT2D eigenvalue weighted by Gasteiger charge is 2.10. The van der Waals surface area contributed by atoms with Crippen molar-refractivity contribution in [2.75, 3.05) is 12.4 Å². The SMILES string of the molecule is CNC(=O)C(C)Nc1cc(C#N)ccn1. The average molecular weight is 204 g/mol. The van der Waals surface area contributed by atoms with Crippen molar-refractivity contribution in [1.29, 1.82) is 5.26 Å². The molecule has 1 atom stereocenters. The predicted octanol–water partition coefficient (Wildman–Crippen LogP) is 0.500. The number of nitrogens with zero attached hydrogens (tertiary/aromatic N) is 2. The third kappa shape index (κ3) is 2.95. The largest absolute Gasteiger partial charge is 0.359 e. The predicted molar refractivity (Wildman–Crippen MR) is 56.1 cm³/mol. The highest BCUT2D eigenvalue weighted by Crippen LogP contribution is 2.06. The molecular weight excluding hydrogens is 192 g/mol. The van der Waals surface area contributed by atoms with Gasteiger partial charge in [-0.2, -0.15) is 5.26 Å². The van der Waals surface area contributed by atoms with Crippen LogP contribution >= 0.6 is 0 Å². The lowest BCUT2D eigenvalue weighted by Gasteiger charge is -2.12. The molecule has 1 unspecified atom stereocenters. The van der Waals surface area contributed by atoms with Crippen molar-refractivity contribution >= 4 is 11.7 Å². The lowest BCUT2D eigenvalue weighted by Crippen LogP contribution is -2.35. The Balaban J connectivity index is 2.73. The summed E-state index contributed by atoms with van der Waals surface area (Å²) in [7, 11) is 1.57. The minimum Gasteiger partial charge on any atom is -0.359 e. The van der Waals surface area contributed by atoms with Gasteiger partial charge in [0.1, 0.15) is 11.9 Å². The van der Waals surface area contributed by atoms with E-state index in [9.17, 15) is 4.79 Å². The molecule has 0 aromatic carbocycles. The topological polar surface area (TPSA) is 77.8 Å². The Labute approximate surface area is 88.1 Å². The molecule has 0 spiro atoms. The van der Waals surface area contributed by atoms with E-state index in [1.165, 1.54) is 6.20 Å². The van der Waals surface area contributed by atoms with Crippen LogP contribution in [0.25, 0.3) is 0 Å². The maximum absolute atomic E-state index is 11.2. The summed E-state index contributed by atoms with van der Waals surface area (Å²) in [5.74, 6) is 0.393. The van der Waals surface area contributed by atoms with Gasteiger partial charge < -0.3 is 10.6 Å². The quantitative estimate of drug-likeness (QED) is 0.751. The van der Waals surface area contributed by atoms with Gasteiger partial charge in [0.2, 0.25) is 5.91 Å². The van der Waals surface area contributed by atoms with Crippen LogP contribution in [0.2, 0.25) is 0 Å². The normalized spacial score (nSPS) is 11.3. The maximum atomic E-state index is 11.2. The second-order valence-corrected chi connectivity index (χ2v) is 3.02. The molecule has 0 fully saturated rings. The number of amides is 1. The molecule has 0 aliphatic rings. The number of anilines is 1. The molecule has 0 saturated carbocycles. The van der Waals surface area contributed by atoms with Gasteiger partial charge in [-0.1, -0.05) is 0 Å². The molecule has 5 nitrogen and oxygen atoms in total. The summed E-state index contributed by atoms with van der Waals surface area (Å²) in [5.41, 5.74) is 0.511. The molecule has 1 rings (SSSR count). The molecule has 2 N–H and O–H groups in total. The number of hydrogen-bond acceptors (Lipinski definition) is 4. The van der Waals surface area contributed by atoms with Crippen molar-refractivity contribution in [3.8, 4) is 6.07 Å². The molecule has 0 bridgehead atoms. The monoisotopic (exact) mass is 204 g/mol. The minimum absolute atomic E-state index is 0.126. The van der Waals surface area contributed by atoms with Crippen LogP contribution in [-0.4, -0.2) is 24.0 Å². The summed E-state index contributed by atoms with van der Waals surface area (Å²) >= 11 is 0. The Kier molecular flexibility index (Phi) is 3.63. The van der Waals surface area contributed by atoms with Gasteiger partial charge in [0.15, 0.2) is 0 Å². The molecule has 0 aliphatic carbocycles. The zero-order valence-corrected chi connectivity index (χ0v) is 8.61. The van der Waals surface area contributed by atoms with Crippen LogP contribution in [0.4, 0.5) is 5.82 Å². The zero-order chi connectivity index (χ0) is 11.3. The van der Waals surface area contributed by atoms with Crippen LogP contribution in [-0.2, 0) is 4.79 Å². The standard InChI is InChI=1S/C10H12N4O/c1-7(10(15)12-2)14-9-5-8(6-11)3-4-13-9/h3-5,7H,1-2H3,(H,12,15)(H,13,14). The van der Waals surface area contributed by atoms with Gasteiger partial charge in [-0.3, -0.25) is 4.79 Å². The van der Waals surface area contributed by atoms with Crippen molar-refractivity contribution in [2.45, 2.75) is 13.0 Å². The summed E-state index contributed by atoms with van der Waals surface area (Å²) in [5, 5.41) is 14.1. The average Bonchev–Trinajstić information content (AvgIpc) is 2.28. The van der Waals surface area contributed by atoms with E-state index in [4.69, 9.17) is 5.26 Å². The fraction of sp³-hybridized carbons (Fsp3) is 0.300. The second kappa shape index (κ2) is 4.96. The van der Waals surface area contributed by atoms with Crippen molar-refractivity contribution in [3.05, 3.63) is 23.9 Å². The van der Waals surface area contributed by atoms with Gasteiger partial charge in [-0.15, -0.1) is 0 Å². The third-order valence-electron chi connectivity index (χ3n) is 1.89. The summed E-state index contributed by atoms with van der Waals surface area (Å²) in [6, 6.07) is 4.83. The molecule has 0 saturated heterocycles. The molecule has 0 radical (unpaired) electrons. The number of aromatic nitrogens is 1. The molecule has 1 aromatic rings. The van der Waals surface area contributed by atoms with E-state index in [1.54, 1.807) is 26.1 Å². The summed E-state index contributed by atoms with van der Waals surface area (Å²) in [4.78, 5) is 15.2. The van der Waals surface area contributed by atoms with E-state index < -0.39 is 0 Å². The number of pyridine rings is 1. The maximum Gasteiger partial charge on any atom is 0.241 e. The van der Waals surface area contributed by atoms with Crippen molar-refractivity contribution in [2.24, 2.45) is 0 Å². The molecule has 1 heterocycles. The number of carbonyl (C=O) groups excluding carboxylic acids is 1.